The zero-order chi connectivity index (χ0) is 26.6. The minimum Gasteiger partial charge on any atom is -1.00 e. The molecule has 209 valence electrons. The van der Waals surface area contributed by atoms with Gasteiger partial charge in [-0.2, -0.15) is 0 Å². The number of aryl methyl sites for hydroxylation is 2. The first-order chi connectivity index (χ1) is 17.0. The second kappa shape index (κ2) is 16.4. The summed E-state index contributed by atoms with van der Waals surface area (Å²) in [5, 5.41) is 0. The van der Waals surface area contributed by atoms with Crippen molar-refractivity contribution in [2.24, 2.45) is 9.98 Å². The molecule has 0 aliphatic carbocycles. The fourth-order valence-electron chi connectivity index (χ4n) is 4.60. The Kier molecular flexibility index (Phi) is 15.6. The predicted molar refractivity (Wildman–Crippen MR) is 157 cm³/mol. The van der Waals surface area contributed by atoms with E-state index in [1.807, 2.05) is 30.6 Å². The van der Waals surface area contributed by atoms with Crippen LogP contribution in [0.15, 0.2) is 52.4 Å². The van der Waals surface area contributed by atoms with Gasteiger partial charge in [-0.25, -0.2) is 4.98 Å². The second-order valence-corrected chi connectivity index (χ2v) is 11.2. The van der Waals surface area contributed by atoms with Crippen molar-refractivity contribution >= 4 is 23.8 Å². The van der Waals surface area contributed by atoms with Gasteiger partial charge in [0.25, 0.3) is 0 Å². The maximum Gasteiger partial charge on any atom is 2.00 e. The van der Waals surface area contributed by atoms with Crippen molar-refractivity contribution < 1.29 is 43.4 Å². The average Bonchev–Trinajstić information content (AvgIpc) is 2.81. The molecule has 0 atom stereocenters. The molecular weight excluding hydrogens is 560 g/mol. The average molecular weight is 604 g/mol. The van der Waals surface area contributed by atoms with Crippen molar-refractivity contribution in [1.29, 1.82) is 0 Å². The summed E-state index contributed by atoms with van der Waals surface area (Å²) >= 11 is 0. The summed E-state index contributed by atoms with van der Waals surface area (Å²) in [5.41, 5.74) is 11.5. The summed E-state index contributed by atoms with van der Waals surface area (Å²) in [7, 11) is 0. The Morgan fingerprint density at radius 3 is 1.10 bits per heavy atom. The van der Waals surface area contributed by atoms with Gasteiger partial charge in [-0.3, -0.25) is 9.98 Å². The van der Waals surface area contributed by atoms with Crippen molar-refractivity contribution in [3.8, 4) is 0 Å². The summed E-state index contributed by atoms with van der Waals surface area (Å²) in [6, 6.07) is 15.1. The Labute approximate surface area is 261 Å². The number of hydrogen-bond donors (Lipinski definition) is 0. The summed E-state index contributed by atoms with van der Waals surface area (Å²) in [5.74, 6) is 1.61. The van der Waals surface area contributed by atoms with E-state index < -0.39 is 0 Å². The summed E-state index contributed by atoms with van der Waals surface area (Å²) in [4.78, 5) is 14.8. The molecule has 3 aromatic rings. The molecule has 3 nitrogen and oxygen atoms in total. The Morgan fingerprint density at radius 2 is 0.846 bits per heavy atom. The number of nitrogens with zero attached hydrogens (tertiary/aromatic N) is 3. The number of benzene rings is 2. The molecule has 0 fully saturated rings. The quantitative estimate of drug-likeness (QED) is 0.362. The third kappa shape index (κ3) is 9.60. The van der Waals surface area contributed by atoms with Crippen LogP contribution in [0.1, 0.15) is 124 Å². The van der Waals surface area contributed by atoms with E-state index in [4.69, 9.17) is 15.0 Å². The monoisotopic (exact) mass is 602 g/mol. The third-order valence-electron chi connectivity index (χ3n) is 6.56. The SMILES string of the molecule is Cc1cc(C(C)C)c(N=Cc2cccc(C=Nc3c(C(C)C)cc(C)cc3C(C)C)n2)c(C(C)C)c1.[Cl-].[Cl-].[V+2]. The number of hydrogen-bond acceptors (Lipinski definition) is 3. The van der Waals surface area contributed by atoms with E-state index in [1.165, 1.54) is 33.4 Å². The Hall–Kier alpha value is -1.91. The first-order valence-electron chi connectivity index (χ1n) is 13.3. The minimum absolute atomic E-state index is 0. The molecule has 0 unspecified atom stereocenters. The van der Waals surface area contributed by atoms with Gasteiger partial charge < -0.3 is 24.8 Å². The largest absolute Gasteiger partial charge is 2.00 e. The van der Waals surface area contributed by atoms with Crippen LogP contribution in [0, 0.1) is 13.8 Å². The smallest absolute Gasteiger partial charge is 1.00 e. The van der Waals surface area contributed by atoms with Crippen molar-refractivity contribution in [2.45, 2.75) is 92.9 Å². The molecule has 0 aliphatic rings. The summed E-state index contributed by atoms with van der Waals surface area (Å²) in [6.45, 7) is 22.2. The number of rotatable bonds is 8. The molecule has 0 N–H and O–H groups in total. The van der Waals surface area contributed by atoms with E-state index in [0.717, 1.165) is 22.8 Å². The van der Waals surface area contributed by atoms with Gasteiger partial charge in [-0.15, -0.1) is 0 Å². The number of halogens is 2. The van der Waals surface area contributed by atoms with E-state index in [2.05, 4.69) is 93.5 Å². The maximum atomic E-state index is 4.97. The molecule has 2 aromatic carbocycles. The third-order valence-corrected chi connectivity index (χ3v) is 6.56. The fraction of sp³-hybridized carbons (Fsp3) is 0.424. The van der Waals surface area contributed by atoms with Crippen LogP contribution in [0.3, 0.4) is 0 Å². The van der Waals surface area contributed by atoms with Gasteiger partial charge >= 0.3 is 18.6 Å². The molecule has 0 spiro atoms. The number of aromatic nitrogens is 1. The Morgan fingerprint density at radius 1 is 0.564 bits per heavy atom. The summed E-state index contributed by atoms with van der Waals surface area (Å²) in [6.07, 6.45) is 3.79. The Bertz CT molecular complexity index is 1120. The van der Waals surface area contributed by atoms with Crippen molar-refractivity contribution in [2.75, 3.05) is 0 Å². The molecule has 3 rings (SSSR count). The van der Waals surface area contributed by atoms with Gasteiger partial charge in [0.15, 0.2) is 0 Å². The molecule has 1 radical (unpaired) electrons. The molecule has 0 saturated carbocycles. The Balaban J connectivity index is 0.00000481. The van der Waals surface area contributed by atoms with Gasteiger partial charge in [0.05, 0.1) is 35.2 Å². The van der Waals surface area contributed by atoms with E-state index in [-0.39, 0.29) is 43.4 Å². The van der Waals surface area contributed by atoms with Crippen molar-refractivity contribution in [3.63, 3.8) is 0 Å². The molecular formula is C33H43Cl2N3V. The molecule has 6 heteroatoms. The van der Waals surface area contributed by atoms with E-state index in [1.54, 1.807) is 0 Å². The van der Waals surface area contributed by atoms with Crippen molar-refractivity contribution in [1.82, 2.24) is 4.98 Å². The standard InChI is InChI=1S/C33H43N3.2ClH.V/c1-20(2)28-14-24(9)15-29(21(3)4)32(28)34-18-26-12-11-13-27(36-26)19-35-33-30(22(5)6)16-25(10)17-31(33)23(7)8;;;/h11-23H,1-10H3;2*1H;/q;;;+2/p-2. The zero-order valence-electron chi connectivity index (χ0n) is 25.1. The van der Waals surface area contributed by atoms with Crippen LogP contribution < -0.4 is 24.8 Å². The van der Waals surface area contributed by atoms with Crippen LogP contribution in [0.5, 0.6) is 0 Å². The topological polar surface area (TPSA) is 37.6 Å². The van der Waals surface area contributed by atoms with Crippen LogP contribution in [0.25, 0.3) is 0 Å². The van der Waals surface area contributed by atoms with Gasteiger partial charge in [0.2, 0.25) is 0 Å². The van der Waals surface area contributed by atoms with Crippen LogP contribution in [-0.2, 0) is 18.6 Å². The normalized spacial score (nSPS) is 11.4. The van der Waals surface area contributed by atoms with Crippen LogP contribution in [-0.4, -0.2) is 17.4 Å². The first kappa shape index (κ1) is 37.1. The summed E-state index contributed by atoms with van der Waals surface area (Å²) < 4.78 is 0. The second-order valence-electron chi connectivity index (χ2n) is 11.2. The zero-order valence-corrected chi connectivity index (χ0v) is 28.0. The molecule has 1 aromatic heterocycles. The van der Waals surface area contributed by atoms with Gasteiger partial charge in [-0.1, -0.05) is 96.8 Å². The predicted octanol–water partition coefficient (Wildman–Crippen LogP) is 3.70. The molecule has 1 heterocycles. The number of aliphatic imine (C=N–C) groups is 2. The maximum absolute atomic E-state index is 4.97. The number of pyridine rings is 1. The van der Waals surface area contributed by atoms with Crippen molar-refractivity contribution in [3.05, 3.63) is 87.2 Å². The van der Waals surface area contributed by atoms with E-state index in [0.29, 0.717) is 23.7 Å². The van der Waals surface area contributed by atoms with E-state index >= 15 is 0 Å². The van der Waals surface area contributed by atoms with Gasteiger partial charge in [0.1, 0.15) is 0 Å². The fourth-order valence-corrected chi connectivity index (χ4v) is 4.60. The molecule has 39 heavy (non-hydrogen) atoms. The van der Waals surface area contributed by atoms with E-state index in [9.17, 15) is 0 Å². The molecule has 0 bridgehead atoms. The minimum atomic E-state index is 0. The van der Waals surface area contributed by atoms with Gasteiger partial charge in [0, 0.05) is 0 Å². The van der Waals surface area contributed by atoms with Crippen LogP contribution >= 0.6 is 0 Å². The molecule has 0 aliphatic heterocycles. The van der Waals surface area contributed by atoms with Crippen LogP contribution in [0.4, 0.5) is 11.4 Å². The molecule has 0 saturated heterocycles. The first-order valence-corrected chi connectivity index (χ1v) is 13.3. The van der Waals surface area contributed by atoms with Gasteiger partial charge in [-0.05, 0) is 71.9 Å². The van der Waals surface area contributed by atoms with Crippen LogP contribution in [0.2, 0.25) is 0 Å². The molecule has 0 amide bonds.